The monoisotopic (exact) mass is 463 g/mol. The number of nitrogens with one attached hydrogen (secondary N) is 1. The van der Waals surface area contributed by atoms with Gasteiger partial charge in [0.15, 0.2) is 5.96 Å². The lowest BCUT2D eigenvalue weighted by atomic mass is 9.85. The van der Waals surface area contributed by atoms with Gasteiger partial charge in [-0.3, -0.25) is 9.79 Å². The van der Waals surface area contributed by atoms with Gasteiger partial charge >= 0.3 is 5.97 Å². The van der Waals surface area contributed by atoms with Crippen LogP contribution in [0.4, 0.5) is 0 Å². The van der Waals surface area contributed by atoms with Gasteiger partial charge < -0.3 is 15.0 Å². The molecule has 0 amide bonds. The fraction of sp³-hybridized carbons (Fsp3) is 0.895. The zero-order valence-corrected chi connectivity index (χ0v) is 18.0. The highest BCUT2D eigenvalue weighted by molar-refractivity contribution is 14.0. The molecular weight excluding hydrogens is 429 g/mol. The molecule has 1 N–H and O–H groups in total. The summed E-state index contributed by atoms with van der Waals surface area (Å²) in [7, 11) is 1.87. The number of esters is 1. The third-order valence-corrected chi connectivity index (χ3v) is 6.04. The first-order chi connectivity index (χ1) is 11.7. The van der Waals surface area contributed by atoms with E-state index in [0.29, 0.717) is 12.6 Å². The van der Waals surface area contributed by atoms with Crippen LogP contribution >= 0.6 is 24.0 Å². The Bertz CT molecular complexity index is 458. The summed E-state index contributed by atoms with van der Waals surface area (Å²) in [6.45, 7) is 4.14. The maximum absolute atomic E-state index is 11.9. The Hall–Kier alpha value is -0.530. The molecule has 0 aromatic carbocycles. The minimum atomic E-state index is -0.0281. The number of piperidine rings is 1. The van der Waals surface area contributed by atoms with Gasteiger partial charge in [0.25, 0.3) is 0 Å². The van der Waals surface area contributed by atoms with Crippen molar-refractivity contribution in [2.24, 2.45) is 22.7 Å². The van der Waals surface area contributed by atoms with Crippen molar-refractivity contribution in [1.29, 1.82) is 0 Å². The van der Waals surface area contributed by atoms with Crippen LogP contribution in [0.2, 0.25) is 0 Å². The Balaban J connectivity index is 0.00000225. The number of aliphatic imine (C=N–C) groups is 1. The summed E-state index contributed by atoms with van der Waals surface area (Å²) < 4.78 is 5.16. The van der Waals surface area contributed by atoms with E-state index in [2.05, 4.69) is 15.2 Å². The van der Waals surface area contributed by atoms with Gasteiger partial charge in [0, 0.05) is 26.2 Å². The maximum Gasteiger partial charge on any atom is 0.309 e. The molecule has 1 saturated heterocycles. The van der Waals surface area contributed by atoms with Crippen molar-refractivity contribution < 1.29 is 9.53 Å². The largest absolute Gasteiger partial charge is 0.466 e. The van der Waals surface area contributed by atoms with E-state index in [9.17, 15) is 4.79 Å². The van der Waals surface area contributed by atoms with Crippen LogP contribution in [0.25, 0.3) is 0 Å². The number of rotatable bonds is 4. The second kappa shape index (κ2) is 9.97. The quantitative estimate of drug-likeness (QED) is 0.301. The lowest BCUT2D eigenvalue weighted by molar-refractivity contribution is -0.149. The molecule has 2 atom stereocenters. The van der Waals surface area contributed by atoms with Gasteiger partial charge in [-0.25, -0.2) is 0 Å². The summed E-state index contributed by atoms with van der Waals surface area (Å²) in [6.07, 6.45) is 10.2. The number of nitrogens with zero attached hydrogens (tertiary/aromatic N) is 2. The number of likely N-dealkylation sites (tertiary alicyclic amines) is 1. The van der Waals surface area contributed by atoms with Crippen molar-refractivity contribution in [3.63, 3.8) is 0 Å². The predicted octanol–water partition coefficient (Wildman–Crippen LogP) is 3.42. The first-order valence-electron chi connectivity index (χ1n) is 9.87. The lowest BCUT2D eigenvalue weighted by Crippen LogP contribution is -2.47. The van der Waals surface area contributed by atoms with Crippen molar-refractivity contribution in [3.05, 3.63) is 0 Å². The zero-order valence-electron chi connectivity index (χ0n) is 15.7. The number of ether oxygens (including phenoxy) is 1. The molecule has 5 nitrogen and oxygen atoms in total. The SMILES string of the molecule is CCOC(=O)C1CCN(C(=NC)NC2CC2C2CCCCC2)CC1.I. The van der Waals surface area contributed by atoms with E-state index in [0.717, 1.165) is 43.7 Å². The van der Waals surface area contributed by atoms with E-state index in [1.54, 1.807) is 0 Å². The average Bonchev–Trinajstić information content (AvgIpc) is 3.40. The normalized spacial score (nSPS) is 28.2. The smallest absolute Gasteiger partial charge is 0.309 e. The molecule has 2 saturated carbocycles. The minimum Gasteiger partial charge on any atom is -0.466 e. The van der Waals surface area contributed by atoms with Gasteiger partial charge in [-0.1, -0.05) is 32.1 Å². The number of hydrogen-bond donors (Lipinski definition) is 1. The van der Waals surface area contributed by atoms with E-state index in [1.165, 1.54) is 38.5 Å². The standard InChI is InChI=1S/C19H33N3O2.HI/c1-3-24-18(23)15-9-11-22(12-10-15)19(20-2)21-17-13-16(17)14-7-5-4-6-8-14;/h14-17H,3-13H2,1-2H3,(H,20,21);1H. The van der Waals surface area contributed by atoms with E-state index in [1.807, 2.05) is 14.0 Å². The second-order valence-corrected chi connectivity index (χ2v) is 7.61. The van der Waals surface area contributed by atoms with Crippen LogP contribution < -0.4 is 5.32 Å². The van der Waals surface area contributed by atoms with Crippen LogP contribution in [-0.4, -0.2) is 49.6 Å². The van der Waals surface area contributed by atoms with Crippen LogP contribution in [0.5, 0.6) is 0 Å². The molecule has 144 valence electrons. The molecule has 6 heteroatoms. The summed E-state index contributed by atoms with van der Waals surface area (Å²) in [5, 5.41) is 3.69. The minimum absolute atomic E-state index is 0. The van der Waals surface area contributed by atoms with Gasteiger partial charge in [0.1, 0.15) is 0 Å². The summed E-state index contributed by atoms with van der Waals surface area (Å²) in [4.78, 5) is 18.7. The molecule has 3 aliphatic rings. The summed E-state index contributed by atoms with van der Waals surface area (Å²) in [5.41, 5.74) is 0. The summed E-state index contributed by atoms with van der Waals surface area (Å²) >= 11 is 0. The first-order valence-corrected chi connectivity index (χ1v) is 9.87. The summed E-state index contributed by atoms with van der Waals surface area (Å²) in [5.74, 6) is 2.86. The predicted molar refractivity (Wildman–Crippen MR) is 111 cm³/mol. The topological polar surface area (TPSA) is 53.9 Å². The van der Waals surface area contributed by atoms with E-state index < -0.39 is 0 Å². The van der Waals surface area contributed by atoms with Crippen LogP contribution in [0.3, 0.4) is 0 Å². The van der Waals surface area contributed by atoms with Gasteiger partial charge in [-0.15, -0.1) is 24.0 Å². The van der Waals surface area contributed by atoms with Crippen molar-refractivity contribution in [1.82, 2.24) is 10.2 Å². The van der Waals surface area contributed by atoms with Gasteiger partial charge in [-0.2, -0.15) is 0 Å². The Morgan fingerprint density at radius 3 is 2.44 bits per heavy atom. The lowest BCUT2D eigenvalue weighted by Gasteiger charge is -2.33. The molecular formula is C19H34IN3O2. The number of guanidine groups is 1. The van der Waals surface area contributed by atoms with Gasteiger partial charge in [0.2, 0.25) is 0 Å². The fourth-order valence-corrected chi connectivity index (χ4v) is 4.51. The molecule has 0 aromatic heterocycles. The van der Waals surface area contributed by atoms with E-state index >= 15 is 0 Å². The number of hydrogen-bond acceptors (Lipinski definition) is 3. The maximum atomic E-state index is 11.9. The average molecular weight is 463 g/mol. The third kappa shape index (κ3) is 5.47. The Kier molecular flexibility index (Phi) is 8.29. The third-order valence-electron chi connectivity index (χ3n) is 6.04. The van der Waals surface area contributed by atoms with E-state index in [-0.39, 0.29) is 35.9 Å². The fourth-order valence-electron chi connectivity index (χ4n) is 4.51. The summed E-state index contributed by atoms with van der Waals surface area (Å²) in [6, 6.07) is 0.620. The van der Waals surface area contributed by atoms with Gasteiger partial charge in [0.05, 0.1) is 12.5 Å². The molecule has 0 bridgehead atoms. The first kappa shape index (κ1) is 20.8. The Labute approximate surface area is 169 Å². The van der Waals surface area contributed by atoms with Crippen LogP contribution in [0, 0.1) is 17.8 Å². The molecule has 0 radical (unpaired) electrons. The number of carbonyl (C=O) groups is 1. The van der Waals surface area contributed by atoms with Crippen molar-refractivity contribution in [2.75, 3.05) is 26.7 Å². The number of halogens is 1. The molecule has 2 aliphatic carbocycles. The molecule has 1 aliphatic heterocycles. The molecule has 3 fully saturated rings. The second-order valence-electron chi connectivity index (χ2n) is 7.61. The Morgan fingerprint density at radius 1 is 1.16 bits per heavy atom. The number of carbonyl (C=O) groups excluding carboxylic acids is 1. The Morgan fingerprint density at radius 2 is 1.84 bits per heavy atom. The molecule has 25 heavy (non-hydrogen) atoms. The highest BCUT2D eigenvalue weighted by Gasteiger charge is 2.44. The van der Waals surface area contributed by atoms with Crippen LogP contribution in [-0.2, 0) is 9.53 Å². The molecule has 1 heterocycles. The molecule has 0 aromatic rings. The molecule has 3 rings (SSSR count). The molecule has 2 unspecified atom stereocenters. The van der Waals surface area contributed by atoms with Crippen LogP contribution in [0.15, 0.2) is 4.99 Å². The van der Waals surface area contributed by atoms with Crippen molar-refractivity contribution in [3.8, 4) is 0 Å². The highest BCUT2D eigenvalue weighted by Crippen LogP contribution is 2.44. The highest BCUT2D eigenvalue weighted by atomic mass is 127. The van der Waals surface area contributed by atoms with E-state index in [4.69, 9.17) is 4.74 Å². The zero-order chi connectivity index (χ0) is 16.9. The molecule has 0 spiro atoms. The van der Waals surface area contributed by atoms with Crippen molar-refractivity contribution >= 4 is 35.9 Å². The van der Waals surface area contributed by atoms with Crippen LogP contribution in [0.1, 0.15) is 58.3 Å². The van der Waals surface area contributed by atoms with Gasteiger partial charge in [-0.05, 0) is 38.0 Å². The van der Waals surface area contributed by atoms with Crippen molar-refractivity contribution in [2.45, 2.75) is 64.3 Å².